The number of nitrogens with zero attached hydrogens (tertiary/aromatic N) is 1. The molecule has 0 atom stereocenters. The van der Waals surface area contributed by atoms with Crippen LogP contribution in [0.2, 0.25) is 0 Å². The largest absolute Gasteiger partial charge is 0.497 e. The van der Waals surface area contributed by atoms with Crippen LogP contribution < -0.4 is 10.1 Å². The third kappa shape index (κ3) is 1.70. The summed E-state index contributed by atoms with van der Waals surface area (Å²) in [6.07, 6.45) is 0. The van der Waals surface area contributed by atoms with E-state index in [2.05, 4.69) is 28.4 Å². The molecule has 2 aliphatic rings. The number of ether oxygens (including phenoxy) is 1. The van der Waals surface area contributed by atoms with Crippen LogP contribution in [0.5, 0.6) is 5.75 Å². The van der Waals surface area contributed by atoms with E-state index in [4.69, 9.17) is 4.74 Å². The SMILES string of the molecule is COc1cccc(CN2CC3(CNC3)C2)c1. The molecule has 0 amide bonds. The molecule has 0 unspecified atom stereocenters. The molecule has 1 aromatic carbocycles. The summed E-state index contributed by atoms with van der Waals surface area (Å²) in [5.41, 5.74) is 1.97. The fraction of sp³-hybridized carbons (Fsp3) is 0.538. The second-order valence-corrected chi connectivity index (χ2v) is 5.10. The van der Waals surface area contributed by atoms with Crippen LogP contribution in [0.4, 0.5) is 0 Å². The normalized spacial score (nSPS) is 22.6. The lowest BCUT2D eigenvalue weighted by molar-refractivity contribution is -0.0444. The summed E-state index contributed by atoms with van der Waals surface area (Å²) in [4.78, 5) is 2.51. The van der Waals surface area contributed by atoms with E-state index in [1.54, 1.807) is 7.11 Å². The van der Waals surface area contributed by atoms with Gasteiger partial charge in [-0.15, -0.1) is 0 Å². The first-order chi connectivity index (χ1) is 7.80. The highest BCUT2D eigenvalue weighted by atomic mass is 16.5. The molecule has 3 heteroatoms. The van der Waals surface area contributed by atoms with Gasteiger partial charge in [0.15, 0.2) is 0 Å². The van der Waals surface area contributed by atoms with Crippen molar-refractivity contribution in [3.05, 3.63) is 29.8 Å². The van der Waals surface area contributed by atoms with Crippen molar-refractivity contribution >= 4 is 0 Å². The average molecular weight is 218 g/mol. The molecule has 1 aromatic rings. The highest BCUT2D eigenvalue weighted by molar-refractivity contribution is 5.28. The van der Waals surface area contributed by atoms with Gasteiger partial charge in [0.25, 0.3) is 0 Å². The smallest absolute Gasteiger partial charge is 0.119 e. The predicted molar refractivity (Wildman–Crippen MR) is 63.6 cm³/mol. The van der Waals surface area contributed by atoms with Crippen LogP contribution in [0.15, 0.2) is 24.3 Å². The Morgan fingerprint density at radius 2 is 2.19 bits per heavy atom. The van der Waals surface area contributed by atoms with Gasteiger partial charge in [0.05, 0.1) is 7.11 Å². The van der Waals surface area contributed by atoms with Gasteiger partial charge in [-0.3, -0.25) is 4.90 Å². The Morgan fingerprint density at radius 3 is 2.81 bits per heavy atom. The molecule has 16 heavy (non-hydrogen) atoms. The Labute approximate surface area is 96.4 Å². The minimum Gasteiger partial charge on any atom is -0.497 e. The summed E-state index contributed by atoms with van der Waals surface area (Å²) >= 11 is 0. The van der Waals surface area contributed by atoms with Crippen LogP contribution in [0, 0.1) is 5.41 Å². The third-order valence-electron chi connectivity index (χ3n) is 3.66. The zero-order valence-electron chi connectivity index (χ0n) is 9.70. The minimum atomic E-state index is 0.624. The van der Waals surface area contributed by atoms with Crippen molar-refractivity contribution in [3.8, 4) is 5.75 Å². The Bertz CT molecular complexity index is 379. The van der Waals surface area contributed by atoms with E-state index < -0.39 is 0 Å². The van der Waals surface area contributed by atoms with E-state index in [-0.39, 0.29) is 0 Å². The summed E-state index contributed by atoms with van der Waals surface area (Å²) in [7, 11) is 1.72. The molecule has 2 saturated heterocycles. The number of methoxy groups -OCH3 is 1. The summed E-state index contributed by atoms with van der Waals surface area (Å²) < 4.78 is 5.23. The molecule has 2 aliphatic heterocycles. The number of nitrogens with one attached hydrogen (secondary N) is 1. The minimum absolute atomic E-state index is 0.624. The van der Waals surface area contributed by atoms with Crippen molar-refractivity contribution < 1.29 is 4.74 Å². The Hall–Kier alpha value is -1.06. The molecule has 2 fully saturated rings. The van der Waals surface area contributed by atoms with Crippen LogP contribution in [-0.2, 0) is 6.54 Å². The quantitative estimate of drug-likeness (QED) is 0.822. The number of likely N-dealkylation sites (tertiary alicyclic amines) is 1. The molecule has 2 heterocycles. The molecule has 3 rings (SSSR count). The fourth-order valence-electron chi connectivity index (χ4n) is 2.75. The standard InChI is InChI=1S/C13H18N2O/c1-16-12-4-2-3-11(5-12)6-15-9-13(10-15)7-14-8-13/h2-5,14H,6-10H2,1H3. The molecule has 0 aromatic heterocycles. The Balaban J connectivity index is 1.58. The number of hydrogen-bond acceptors (Lipinski definition) is 3. The van der Waals surface area contributed by atoms with Crippen LogP contribution in [0.25, 0.3) is 0 Å². The van der Waals surface area contributed by atoms with Gasteiger partial charge in [-0.2, -0.15) is 0 Å². The number of hydrogen-bond donors (Lipinski definition) is 1. The molecule has 86 valence electrons. The Morgan fingerprint density at radius 1 is 1.38 bits per heavy atom. The zero-order chi connectivity index (χ0) is 11.0. The summed E-state index contributed by atoms with van der Waals surface area (Å²) in [5, 5.41) is 3.36. The fourth-order valence-corrected chi connectivity index (χ4v) is 2.75. The van der Waals surface area contributed by atoms with Crippen LogP contribution in [0.3, 0.4) is 0 Å². The summed E-state index contributed by atoms with van der Waals surface area (Å²) in [6.45, 7) is 5.97. The lowest BCUT2D eigenvalue weighted by Gasteiger charge is -2.56. The molecule has 1 spiro atoms. The molecule has 0 bridgehead atoms. The molecule has 0 saturated carbocycles. The molecule has 0 radical (unpaired) electrons. The molecule has 3 nitrogen and oxygen atoms in total. The van der Waals surface area contributed by atoms with Gasteiger partial charge in [0, 0.05) is 38.1 Å². The summed E-state index contributed by atoms with van der Waals surface area (Å²) in [5.74, 6) is 0.957. The number of benzene rings is 1. The second-order valence-electron chi connectivity index (χ2n) is 5.10. The van der Waals surface area contributed by atoms with Gasteiger partial charge in [-0.25, -0.2) is 0 Å². The lowest BCUT2D eigenvalue weighted by Crippen LogP contribution is -2.70. The maximum absolute atomic E-state index is 5.23. The molecular weight excluding hydrogens is 200 g/mol. The first-order valence-corrected chi connectivity index (χ1v) is 5.86. The highest BCUT2D eigenvalue weighted by Crippen LogP contribution is 2.35. The Kier molecular flexibility index (Phi) is 2.37. The van der Waals surface area contributed by atoms with Crippen molar-refractivity contribution in [2.24, 2.45) is 5.41 Å². The van der Waals surface area contributed by atoms with Gasteiger partial charge < -0.3 is 10.1 Å². The van der Waals surface area contributed by atoms with E-state index in [0.717, 1.165) is 12.3 Å². The van der Waals surface area contributed by atoms with E-state index in [0.29, 0.717) is 5.41 Å². The number of rotatable bonds is 3. The molecule has 0 aliphatic carbocycles. The maximum Gasteiger partial charge on any atom is 0.119 e. The van der Waals surface area contributed by atoms with Crippen LogP contribution in [-0.4, -0.2) is 38.2 Å². The summed E-state index contributed by atoms with van der Waals surface area (Å²) in [6, 6.07) is 8.36. The lowest BCUT2D eigenvalue weighted by atomic mass is 9.74. The van der Waals surface area contributed by atoms with E-state index in [9.17, 15) is 0 Å². The van der Waals surface area contributed by atoms with Crippen molar-refractivity contribution in [2.75, 3.05) is 33.3 Å². The average Bonchev–Trinajstić information content (AvgIpc) is 2.20. The van der Waals surface area contributed by atoms with E-state index in [1.165, 1.54) is 31.7 Å². The van der Waals surface area contributed by atoms with Crippen LogP contribution >= 0.6 is 0 Å². The monoisotopic (exact) mass is 218 g/mol. The first-order valence-electron chi connectivity index (χ1n) is 5.86. The maximum atomic E-state index is 5.23. The first kappa shape index (κ1) is 10.1. The molecule has 1 N–H and O–H groups in total. The van der Waals surface area contributed by atoms with E-state index >= 15 is 0 Å². The zero-order valence-corrected chi connectivity index (χ0v) is 9.70. The predicted octanol–water partition coefficient (Wildman–Crippen LogP) is 1.10. The van der Waals surface area contributed by atoms with Gasteiger partial charge in [0.1, 0.15) is 5.75 Å². The van der Waals surface area contributed by atoms with Crippen LogP contribution in [0.1, 0.15) is 5.56 Å². The van der Waals surface area contributed by atoms with Crippen molar-refractivity contribution in [2.45, 2.75) is 6.54 Å². The molecular formula is C13H18N2O. The third-order valence-corrected chi connectivity index (χ3v) is 3.66. The van der Waals surface area contributed by atoms with Crippen molar-refractivity contribution in [3.63, 3.8) is 0 Å². The van der Waals surface area contributed by atoms with Gasteiger partial charge >= 0.3 is 0 Å². The highest BCUT2D eigenvalue weighted by Gasteiger charge is 2.46. The van der Waals surface area contributed by atoms with Crippen molar-refractivity contribution in [1.29, 1.82) is 0 Å². The van der Waals surface area contributed by atoms with Gasteiger partial charge in [0.2, 0.25) is 0 Å². The topological polar surface area (TPSA) is 24.5 Å². The van der Waals surface area contributed by atoms with Gasteiger partial charge in [-0.1, -0.05) is 12.1 Å². The van der Waals surface area contributed by atoms with Crippen molar-refractivity contribution in [1.82, 2.24) is 10.2 Å². The van der Waals surface area contributed by atoms with E-state index in [1.807, 2.05) is 6.07 Å². The second kappa shape index (κ2) is 3.75. The van der Waals surface area contributed by atoms with Gasteiger partial charge in [-0.05, 0) is 17.7 Å².